The zero-order valence-electron chi connectivity index (χ0n) is 10.6. The Kier molecular flexibility index (Phi) is 3.70. The van der Waals surface area contributed by atoms with Crippen molar-refractivity contribution in [1.82, 2.24) is 5.16 Å². The molecule has 0 bridgehead atoms. The normalized spacial score (nSPS) is 10.2. The summed E-state index contributed by atoms with van der Waals surface area (Å²) in [6, 6.07) is 7.07. The molecule has 0 aliphatic heterocycles. The second kappa shape index (κ2) is 5.43. The highest BCUT2D eigenvalue weighted by molar-refractivity contribution is 5.85. The van der Waals surface area contributed by atoms with Gasteiger partial charge in [0, 0.05) is 11.8 Å². The second-order valence-electron chi connectivity index (χ2n) is 4.02. The molecule has 2 rings (SSSR count). The van der Waals surface area contributed by atoms with Crippen LogP contribution in [0.3, 0.4) is 0 Å². The number of nitrogens with zero attached hydrogens (tertiary/aromatic N) is 1. The Balaban J connectivity index is 2.01. The molecule has 100 valence electrons. The van der Waals surface area contributed by atoms with Crippen LogP contribution in [-0.2, 0) is 6.54 Å². The van der Waals surface area contributed by atoms with E-state index >= 15 is 0 Å². The number of anilines is 1. The van der Waals surface area contributed by atoms with Crippen molar-refractivity contribution in [3.63, 3.8) is 0 Å². The first-order valence-electron chi connectivity index (χ1n) is 5.67. The van der Waals surface area contributed by atoms with Gasteiger partial charge in [0.2, 0.25) is 0 Å². The predicted octanol–water partition coefficient (Wildman–Crippen LogP) is 2.30. The number of hydrogen-bond acceptors (Lipinski definition) is 5. The average Bonchev–Trinajstić information content (AvgIpc) is 2.85. The Morgan fingerprint density at radius 3 is 2.84 bits per heavy atom. The van der Waals surface area contributed by atoms with Gasteiger partial charge in [-0.1, -0.05) is 5.16 Å². The van der Waals surface area contributed by atoms with Crippen LogP contribution in [0.2, 0.25) is 0 Å². The minimum atomic E-state index is -1.10. The maximum absolute atomic E-state index is 10.6. The molecule has 1 aromatic heterocycles. The van der Waals surface area contributed by atoms with Gasteiger partial charge in [0.25, 0.3) is 0 Å². The number of carboxylic acids is 1. The summed E-state index contributed by atoms with van der Waals surface area (Å²) in [5.74, 6) is 0.180. The van der Waals surface area contributed by atoms with Crippen LogP contribution in [0.15, 0.2) is 28.8 Å². The lowest BCUT2D eigenvalue weighted by atomic mass is 10.2. The fraction of sp³-hybridized carbons (Fsp3) is 0.231. The lowest BCUT2D eigenvalue weighted by Gasteiger charge is -2.08. The van der Waals surface area contributed by atoms with E-state index in [1.165, 1.54) is 6.07 Å². The van der Waals surface area contributed by atoms with E-state index in [0.717, 1.165) is 17.0 Å². The molecule has 0 saturated heterocycles. The molecule has 6 nitrogen and oxygen atoms in total. The summed E-state index contributed by atoms with van der Waals surface area (Å²) in [6.45, 7) is 2.31. The van der Waals surface area contributed by atoms with Crippen molar-refractivity contribution < 1.29 is 19.2 Å². The lowest BCUT2D eigenvalue weighted by Crippen LogP contribution is -1.99. The number of benzene rings is 1. The van der Waals surface area contributed by atoms with E-state index in [-0.39, 0.29) is 5.69 Å². The van der Waals surface area contributed by atoms with Crippen molar-refractivity contribution in [1.29, 1.82) is 0 Å². The Hall–Kier alpha value is -2.50. The maximum atomic E-state index is 10.6. The molecule has 0 radical (unpaired) electrons. The van der Waals surface area contributed by atoms with Crippen LogP contribution in [0.1, 0.15) is 21.8 Å². The molecule has 1 heterocycles. The average molecular weight is 262 g/mol. The van der Waals surface area contributed by atoms with E-state index in [1.807, 2.05) is 25.1 Å². The maximum Gasteiger partial charge on any atom is 0.358 e. The Morgan fingerprint density at radius 1 is 1.47 bits per heavy atom. The van der Waals surface area contributed by atoms with E-state index in [2.05, 4.69) is 10.5 Å². The molecular weight excluding hydrogens is 248 g/mol. The summed E-state index contributed by atoms with van der Waals surface area (Å²) in [6.07, 6.45) is 0. The van der Waals surface area contributed by atoms with E-state index in [1.54, 1.807) is 7.11 Å². The molecule has 1 aromatic carbocycles. The van der Waals surface area contributed by atoms with Gasteiger partial charge >= 0.3 is 5.97 Å². The van der Waals surface area contributed by atoms with Gasteiger partial charge in [-0.25, -0.2) is 4.79 Å². The van der Waals surface area contributed by atoms with Crippen LogP contribution in [0.25, 0.3) is 0 Å². The van der Waals surface area contributed by atoms with Crippen molar-refractivity contribution >= 4 is 11.7 Å². The molecule has 0 aliphatic rings. The number of carboxylic acid groups (broad SMARTS) is 1. The van der Waals surface area contributed by atoms with Gasteiger partial charge in [0.1, 0.15) is 5.75 Å². The first-order valence-corrected chi connectivity index (χ1v) is 5.67. The third-order valence-electron chi connectivity index (χ3n) is 2.64. The summed E-state index contributed by atoms with van der Waals surface area (Å²) in [5, 5.41) is 15.3. The molecule has 0 spiro atoms. The summed E-state index contributed by atoms with van der Waals surface area (Å²) in [5.41, 5.74) is 1.81. The van der Waals surface area contributed by atoms with Gasteiger partial charge in [-0.05, 0) is 30.7 Å². The number of aryl methyl sites for hydroxylation is 1. The molecule has 6 heteroatoms. The van der Waals surface area contributed by atoms with E-state index in [4.69, 9.17) is 14.4 Å². The van der Waals surface area contributed by atoms with Gasteiger partial charge < -0.3 is 19.7 Å². The Bertz CT molecular complexity index is 592. The van der Waals surface area contributed by atoms with Crippen LogP contribution >= 0.6 is 0 Å². The van der Waals surface area contributed by atoms with Crippen molar-refractivity contribution in [2.24, 2.45) is 0 Å². The Morgan fingerprint density at radius 2 is 2.26 bits per heavy atom. The molecule has 0 aliphatic carbocycles. The van der Waals surface area contributed by atoms with E-state index < -0.39 is 5.97 Å². The van der Waals surface area contributed by atoms with Gasteiger partial charge in [-0.15, -0.1) is 0 Å². The number of hydrogen-bond donors (Lipinski definition) is 2. The van der Waals surface area contributed by atoms with Crippen molar-refractivity contribution in [2.75, 3.05) is 12.4 Å². The minimum absolute atomic E-state index is 0.0947. The highest BCUT2D eigenvalue weighted by atomic mass is 16.5. The van der Waals surface area contributed by atoms with Gasteiger partial charge in [-0.3, -0.25) is 0 Å². The molecular formula is C13H14N2O4. The SMILES string of the molecule is COc1ccc(NCc2cc(C(=O)O)no2)cc1C. The standard InChI is InChI=1S/C13H14N2O4/c1-8-5-9(3-4-12(8)18-2)14-7-10-6-11(13(16)17)15-19-10/h3-6,14H,7H2,1-2H3,(H,16,17). The lowest BCUT2D eigenvalue weighted by molar-refractivity contribution is 0.0685. The first kappa shape index (κ1) is 12.9. The predicted molar refractivity (Wildman–Crippen MR) is 68.5 cm³/mol. The topological polar surface area (TPSA) is 84.6 Å². The summed E-state index contributed by atoms with van der Waals surface area (Å²) in [4.78, 5) is 10.6. The third-order valence-corrected chi connectivity index (χ3v) is 2.64. The number of aromatic carboxylic acids is 1. The number of carbonyl (C=O) groups is 1. The molecule has 0 saturated carbocycles. The van der Waals surface area contributed by atoms with Crippen molar-refractivity contribution in [2.45, 2.75) is 13.5 Å². The number of aromatic nitrogens is 1. The fourth-order valence-corrected chi connectivity index (χ4v) is 1.67. The highest BCUT2D eigenvalue weighted by Crippen LogP contribution is 2.21. The molecule has 2 aromatic rings. The van der Waals surface area contributed by atoms with Crippen molar-refractivity contribution in [3.05, 3.63) is 41.3 Å². The van der Waals surface area contributed by atoms with Crippen LogP contribution < -0.4 is 10.1 Å². The van der Waals surface area contributed by atoms with Crippen LogP contribution in [0.5, 0.6) is 5.75 Å². The number of ether oxygens (including phenoxy) is 1. The monoisotopic (exact) mass is 262 g/mol. The van der Waals surface area contributed by atoms with Crippen molar-refractivity contribution in [3.8, 4) is 5.75 Å². The molecule has 2 N–H and O–H groups in total. The molecule has 0 atom stereocenters. The summed E-state index contributed by atoms with van der Waals surface area (Å²) >= 11 is 0. The molecule has 0 amide bonds. The number of nitrogens with one attached hydrogen (secondary N) is 1. The second-order valence-corrected chi connectivity index (χ2v) is 4.02. The summed E-state index contributed by atoms with van der Waals surface area (Å²) in [7, 11) is 1.62. The quantitative estimate of drug-likeness (QED) is 0.860. The zero-order valence-corrected chi connectivity index (χ0v) is 10.6. The minimum Gasteiger partial charge on any atom is -0.496 e. The zero-order chi connectivity index (χ0) is 13.8. The largest absolute Gasteiger partial charge is 0.496 e. The van der Waals surface area contributed by atoms with Gasteiger partial charge in [-0.2, -0.15) is 0 Å². The molecule has 0 unspecified atom stereocenters. The Labute approximate surface area is 110 Å². The fourth-order valence-electron chi connectivity index (χ4n) is 1.67. The van der Waals surface area contributed by atoms with Gasteiger partial charge in [0.15, 0.2) is 11.5 Å². The third kappa shape index (κ3) is 3.04. The smallest absolute Gasteiger partial charge is 0.358 e. The van der Waals surface area contributed by atoms with Gasteiger partial charge in [0.05, 0.1) is 13.7 Å². The van der Waals surface area contributed by atoms with E-state index in [0.29, 0.717) is 12.3 Å². The van der Waals surface area contributed by atoms with E-state index in [9.17, 15) is 4.79 Å². The van der Waals surface area contributed by atoms with Crippen LogP contribution in [-0.4, -0.2) is 23.3 Å². The molecule has 19 heavy (non-hydrogen) atoms. The van der Waals surface area contributed by atoms with Crippen LogP contribution in [0, 0.1) is 6.92 Å². The highest BCUT2D eigenvalue weighted by Gasteiger charge is 2.10. The molecule has 0 fully saturated rings. The van der Waals surface area contributed by atoms with Crippen LogP contribution in [0.4, 0.5) is 5.69 Å². The number of methoxy groups -OCH3 is 1. The first-order chi connectivity index (χ1) is 9.10. The summed E-state index contributed by atoms with van der Waals surface area (Å²) < 4.78 is 10.1. The number of rotatable bonds is 5.